The Morgan fingerprint density at radius 3 is 2.09 bits per heavy atom. The van der Waals surface area contributed by atoms with E-state index in [0.717, 1.165) is 0 Å². The molecule has 1 N–H and O–H groups in total. The third-order valence-electron chi connectivity index (χ3n) is 2.39. The van der Waals surface area contributed by atoms with Gasteiger partial charge in [-0.3, -0.25) is 8.37 Å². The third-order valence-corrected chi connectivity index (χ3v) is 3.89. The van der Waals surface area contributed by atoms with E-state index in [9.17, 15) is 38.9 Å². The van der Waals surface area contributed by atoms with Crippen molar-refractivity contribution in [3.8, 4) is 0 Å². The van der Waals surface area contributed by atoms with Crippen LogP contribution in [-0.2, 0) is 44.2 Å². The molecule has 0 aromatic heterocycles. The number of nitrogens with one attached hydrogen (secondary N) is 1. The van der Waals surface area contributed by atoms with Crippen molar-refractivity contribution in [3.05, 3.63) is 0 Å². The minimum absolute atomic E-state index is 0.524. The molecule has 1 saturated heterocycles. The molecule has 1 aliphatic rings. The summed E-state index contributed by atoms with van der Waals surface area (Å²) >= 11 is 0. The molecule has 16 heteroatoms. The number of rotatable bonds is 7. The lowest BCUT2D eigenvalue weighted by Crippen LogP contribution is -2.53. The van der Waals surface area contributed by atoms with Gasteiger partial charge >= 0.3 is 0 Å². The van der Waals surface area contributed by atoms with Gasteiger partial charge in [0.05, 0.1) is 31.5 Å². The highest BCUT2D eigenvalue weighted by molar-refractivity contribution is 7.83. The average molecular weight is 384 g/mol. The summed E-state index contributed by atoms with van der Waals surface area (Å²) in [6.45, 7) is -1.42. The summed E-state index contributed by atoms with van der Waals surface area (Å²) in [5.74, 6) is 0. The van der Waals surface area contributed by atoms with Crippen LogP contribution < -0.4 is 4.72 Å². The molecule has 0 radical (unpaired) electrons. The standard InChI is InChI=1S/C6H13NO12S3/c8-20(9,10)7-5-3-17-4(2-18-21(11,12)13)1-6(5)19-22(14,15)16/h4-7H,1-3H2,(H,8,9,10)(H,11,12,13)(H,14,15,16)/p-3/t4?,5?,6-/m1/s1. The zero-order valence-electron chi connectivity index (χ0n) is 10.5. The summed E-state index contributed by atoms with van der Waals surface area (Å²) in [4.78, 5) is 0. The maximum absolute atomic E-state index is 10.6. The van der Waals surface area contributed by atoms with Gasteiger partial charge in [0.25, 0.3) is 0 Å². The monoisotopic (exact) mass is 384 g/mol. The van der Waals surface area contributed by atoms with Crippen LogP contribution in [0.3, 0.4) is 0 Å². The van der Waals surface area contributed by atoms with Crippen LogP contribution in [0.5, 0.6) is 0 Å². The van der Waals surface area contributed by atoms with Gasteiger partial charge in [-0.25, -0.2) is 30.0 Å². The van der Waals surface area contributed by atoms with E-state index in [0.29, 0.717) is 0 Å². The Bertz CT molecular complexity index is 680. The van der Waals surface area contributed by atoms with Crippen LogP contribution in [0.25, 0.3) is 0 Å². The summed E-state index contributed by atoms with van der Waals surface area (Å²) in [7, 11) is -15.3. The van der Waals surface area contributed by atoms with E-state index in [1.54, 1.807) is 0 Å². The smallest absolute Gasteiger partial charge is 0.217 e. The quantitative estimate of drug-likeness (QED) is 0.335. The van der Waals surface area contributed by atoms with Crippen LogP contribution in [0.4, 0.5) is 0 Å². The molecule has 0 saturated carbocycles. The Morgan fingerprint density at radius 1 is 1.05 bits per heavy atom. The van der Waals surface area contributed by atoms with Crippen LogP contribution in [0.15, 0.2) is 0 Å². The van der Waals surface area contributed by atoms with Gasteiger partial charge in [-0.15, -0.1) is 0 Å². The molecule has 3 atom stereocenters. The van der Waals surface area contributed by atoms with E-state index in [1.165, 1.54) is 4.72 Å². The minimum Gasteiger partial charge on any atom is -0.735 e. The molecule has 13 nitrogen and oxygen atoms in total. The van der Waals surface area contributed by atoms with Gasteiger partial charge in [0.1, 0.15) is 0 Å². The normalized spacial score (nSPS) is 27.7. The molecule has 0 spiro atoms. The first-order valence-corrected chi connectivity index (χ1v) is 9.42. The van der Waals surface area contributed by atoms with Gasteiger partial charge in [0.15, 0.2) is 10.3 Å². The van der Waals surface area contributed by atoms with Crippen molar-refractivity contribution >= 4 is 31.1 Å². The SMILES string of the molecule is O=S(=O)([O-])NC1COC(COS(=O)(=O)[O-])C[C@H]1OS(=O)(=O)[O-]. The maximum atomic E-state index is 10.6. The number of hydrogen-bond donors (Lipinski definition) is 1. The van der Waals surface area contributed by atoms with Crippen molar-refractivity contribution in [1.82, 2.24) is 4.72 Å². The predicted molar refractivity (Wildman–Crippen MR) is 61.2 cm³/mol. The molecule has 1 heterocycles. The van der Waals surface area contributed by atoms with Gasteiger partial charge in [-0.2, -0.15) is 0 Å². The van der Waals surface area contributed by atoms with E-state index in [4.69, 9.17) is 4.74 Å². The first-order chi connectivity index (χ1) is 9.75. The first-order valence-electron chi connectivity index (χ1n) is 5.34. The van der Waals surface area contributed by atoms with E-state index in [1.807, 2.05) is 0 Å². The maximum Gasteiger partial charge on any atom is 0.217 e. The number of hydrogen-bond acceptors (Lipinski definition) is 12. The molecule has 1 aliphatic heterocycles. The van der Waals surface area contributed by atoms with Crippen LogP contribution >= 0.6 is 0 Å². The molecule has 0 aromatic carbocycles. The van der Waals surface area contributed by atoms with Gasteiger partial charge in [-0.05, 0) is 0 Å². The Morgan fingerprint density at radius 2 is 1.64 bits per heavy atom. The fourth-order valence-corrected chi connectivity index (χ4v) is 3.09. The van der Waals surface area contributed by atoms with Crippen LogP contribution in [0.2, 0.25) is 0 Å². The molecule has 0 aromatic rings. The van der Waals surface area contributed by atoms with E-state index in [-0.39, 0.29) is 0 Å². The average Bonchev–Trinajstić information content (AvgIpc) is 2.24. The molecule has 22 heavy (non-hydrogen) atoms. The molecular formula is C6H10NO12S3-3. The number of ether oxygens (including phenoxy) is 1. The molecule has 0 aliphatic carbocycles. The summed E-state index contributed by atoms with van der Waals surface area (Å²) < 4.78 is 109. The van der Waals surface area contributed by atoms with Crippen molar-refractivity contribution in [3.63, 3.8) is 0 Å². The third kappa shape index (κ3) is 8.27. The highest BCUT2D eigenvalue weighted by Crippen LogP contribution is 2.20. The van der Waals surface area contributed by atoms with Crippen molar-refractivity contribution in [2.75, 3.05) is 13.2 Å². The lowest BCUT2D eigenvalue weighted by atomic mass is 10.0. The zero-order chi connectivity index (χ0) is 17.2. The van der Waals surface area contributed by atoms with Crippen LogP contribution in [0.1, 0.15) is 6.42 Å². The van der Waals surface area contributed by atoms with Crippen molar-refractivity contribution < 1.29 is 52.0 Å². The fraction of sp³-hybridized carbons (Fsp3) is 1.00. The van der Waals surface area contributed by atoms with Gasteiger partial charge in [0.2, 0.25) is 20.8 Å². The minimum atomic E-state index is -5.24. The molecule has 1 fully saturated rings. The highest BCUT2D eigenvalue weighted by Gasteiger charge is 2.35. The highest BCUT2D eigenvalue weighted by atomic mass is 32.3. The van der Waals surface area contributed by atoms with Crippen molar-refractivity contribution in [2.45, 2.75) is 24.7 Å². The van der Waals surface area contributed by atoms with Gasteiger partial charge in [0, 0.05) is 6.42 Å². The largest absolute Gasteiger partial charge is 0.735 e. The Hall–Kier alpha value is -0.430. The zero-order valence-corrected chi connectivity index (χ0v) is 12.9. The molecule has 132 valence electrons. The summed E-state index contributed by atoms with van der Waals surface area (Å²) in [6.07, 6.45) is -3.34. The Kier molecular flexibility index (Phi) is 6.23. The second-order valence-electron chi connectivity index (χ2n) is 4.11. The Labute approximate surface area is 126 Å². The molecule has 2 unspecified atom stereocenters. The van der Waals surface area contributed by atoms with E-state index >= 15 is 0 Å². The van der Waals surface area contributed by atoms with Crippen LogP contribution in [-0.4, -0.2) is 70.4 Å². The fourth-order valence-electron chi connectivity index (χ4n) is 1.67. The molecule has 0 bridgehead atoms. The lowest BCUT2D eigenvalue weighted by molar-refractivity contribution is -0.0692. The van der Waals surface area contributed by atoms with Crippen LogP contribution in [0, 0.1) is 0 Å². The van der Waals surface area contributed by atoms with E-state index < -0.39 is 69.0 Å². The molecular weight excluding hydrogens is 374 g/mol. The second-order valence-corrected chi connectivity index (χ2v) is 7.31. The lowest BCUT2D eigenvalue weighted by Gasteiger charge is -2.36. The second kappa shape index (κ2) is 6.99. The topological polar surface area (TPSA) is 211 Å². The van der Waals surface area contributed by atoms with E-state index in [2.05, 4.69) is 8.37 Å². The molecule has 0 amide bonds. The summed E-state index contributed by atoms with van der Waals surface area (Å²) in [5.41, 5.74) is 0. The first kappa shape index (κ1) is 19.6. The Balaban J connectivity index is 2.79. The van der Waals surface area contributed by atoms with Gasteiger partial charge in [-0.1, -0.05) is 0 Å². The predicted octanol–water partition coefficient (Wildman–Crippen LogP) is -3.48. The van der Waals surface area contributed by atoms with Crippen molar-refractivity contribution in [2.24, 2.45) is 0 Å². The van der Waals surface area contributed by atoms with Crippen molar-refractivity contribution in [1.29, 1.82) is 0 Å². The summed E-state index contributed by atoms with van der Waals surface area (Å²) in [6, 6.07) is -1.49. The summed E-state index contributed by atoms with van der Waals surface area (Å²) in [5, 5.41) is 0. The van der Waals surface area contributed by atoms with Gasteiger partial charge < -0.3 is 18.4 Å². The molecule has 1 rings (SSSR count).